The van der Waals surface area contributed by atoms with Gasteiger partial charge in [-0.25, -0.2) is 22.9 Å². The van der Waals surface area contributed by atoms with Crippen LogP contribution in [0.4, 0.5) is 18.0 Å². The molecule has 2 aliphatic heterocycles. The largest absolute Gasteiger partial charge is 0.381 e. The number of nitrogens with two attached hydrogens (primary N) is 1. The lowest BCUT2D eigenvalue weighted by Gasteiger charge is -2.40. The van der Waals surface area contributed by atoms with E-state index in [-0.39, 0.29) is 48.9 Å². The highest BCUT2D eigenvalue weighted by molar-refractivity contribution is 5.75. The van der Waals surface area contributed by atoms with Gasteiger partial charge in [0.1, 0.15) is 23.6 Å². The lowest BCUT2D eigenvalue weighted by atomic mass is 9.89. The van der Waals surface area contributed by atoms with Crippen LogP contribution in [-0.2, 0) is 11.3 Å². The van der Waals surface area contributed by atoms with E-state index in [1.54, 1.807) is 11.1 Å². The molecule has 2 saturated heterocycles. The van der Waals surface area contributed by atoms with Crippen molar-refractivity contribution in [2.45, 2.75) is 44.6 Å². The van der Waals surface area contributed by atoms with E-state index in [4.69, 9.17) is 15.5 Å². The second kappa shape index (κ2) is 13.7. The Balaban J connectivity index is 1.64. The highest BCUT2D eigenvalue weighted by Crippen LogP contribution is 2.38. The third-order valence-electron chi connectivity index (χ3n) is 8.19. The molecule has 5 rings (SSSR count). The molecule has 0 spiro atoms. The molecule has 2 fully saturated rings. The molecule has 42 heavy (non-hydrogen) atoms. The Labute approximate surface area is 244 Å². The smallest absolute Gasteiger partial charge is 0.318 e. The SMILES string of the molecule is CC(CN)NC(=O)N(CC1CNCC1F)C(c1nc(-c2cc(F)ccc2F)cn1Cc1ccccc1)C1CCOCC1. The quantitative estimate of drug-likeness (QED) is 0.331. The van der Waals surface area contributed by atoms with Gasteiger partial charge in [0.2, 0.25) is 0 Å². The maximum Gasteiger partial charge on any atom is 0.318 e. The fourth-order valence-corrected chi connectivity index (χ4v) is 5.84. The van der Waals surface area contributed by atoms with Crippen LogP contribution in [0.15, 0.2) is 54.7 Å². The van der Waals surface area contributed by atoms with Crippen molar-refractivity contribution >= 4 is 6.03 Å². The van der Waals surface area contributed by atoms with Gasteiger partial charge < -0.3 is 30.6 Å². The Hall–Kier alpha value is -3.41. The number of halogens is 3. The van der Waals surface area contributed by atoms with Gasteiger partial charge in [0.15, 0.2) is 0 Å². The number of ether oxygens (including phenoxy) is 1. The number of urea groups is 1. The highest BCUT2D eigenvalue weighted by Gasteiger charge is 2.40. The van der Waals surface area contributed by atoms with Crippen molar-refractivity contribution in [1.29, 1.82) is 0 Å². The summed E-state index contributed by atoms with van der Waals surface area (Å²) in [5.41, 5.74) is 7.11. The van der Waals surface area contributed by atoms with Crippen LogP contribution in [0.2, 0.25) is 0 Å². The molecule has 11 heteroatoms. The zero-order valence-corrected chi connectivity index (χ0v) is 23.8. The van der Waals surface area contributed by atoms with Gasteiger partial charge in [0, 0.05) is 69.7 Å². The normalized spacial score (nSPS) is 20.8. The number of carbonyl (C=O) groups excluding carboxylic acids is 1. The number of alkyl halides is 1. The van der Waals surface area contributed by atoms with E-state index in [0.717, 1.165) is 23.8 Å². The summed E-state index contributed by atoms with van der Waals surface area (Å²) in [5.74, 6) is -1.12. The third kappa shape index (κ3) is 6.96. The molecular formula is C31H39F3N6O2. The van der Waals surface area contributed by atoms with Crippen molar-refractivity contribution in [3.8, 4) is 11.3 Å². The number of nitrogens with one attached hydrogen (secondary N) is 2. The minimum absolute atomic E-state index is 0.0327. The first-order chi connectivity index (χ1) is 20.3. The third-order valence-corrected chi connectivity index (χ3v) is 8.19. The van der Waals surface area contributed by atoms with Gasteiger partial charge in [0.05, 0.1) is 11.7 Å². The second-order valence-electron chi connectivity index (χ2n) is 11.3. The van der Waals surface area contributed by atoms with E-state index < -0.39 is 29.8 Å². The number of hydrogen-bond donors (Lipinski definition) is 3. The Morgan fingerprint density at radius 1 is 1.19 bits per heavy atom. The number of imidazole rings is 1. The van der Waals surface area contributed by atoms with Crippen molar-refractivity contribution in [1.82, 2.24) is 25.1 Å². The highest BCUT2D eigenvalue weighted by atomic mass is 19.1. The second-order valence-corrected chi connectivity index (χ2v) is 11.3. The monoisotopic (exact) mass is 584 g/mol. The van der Waals surface area contributed by atoms with Crippen molar-refractivity contribution in [2.24, 2.45) is 17.6 Å². The summed E-state index contributed by atoms with van der Waals surface area (Å²) in [7, 11) is 0. The van der Waals surface area contributed by atoms with Crippen molar-refractivity contribution in [3.05, 3.63) is 77.8 Å². The molecule has 0 saturated carbocycles. The van der Waals surface area contributed by atoms with Crippen LogP contribution >= 0.6 is 0 Å². The Kier molecular flexibility index (Phi) is 9.81. The Morgan fingerprint density at radius 3 is 2.64 bits per heavy atom. The average molecular weight is 585 g/mol. The van der Waals surface area contributed by atoms with Crippen molar-refractivity contribution < 1.29 is 22.7 Å². The number of aromatic nitrogens is 2. The molecule has 2 amide bonds. The maximum atomic E-state index is 15.0. The summed E-state index contributed by atoms with van der Waals surface area (Å²) >= 11 is 0. The number of amides is 2. The fraction of sp³-hybridized carbons (Fsp3) is 0.484. The molecular weight excluding hydrogens is 545 g/mol. The molecule has 4 atom stereocenters. The fourth-order valence-electron chi connectivity index (χ4n) is 5.84. The predicted octanol–water partition coefficient (Wildman–Crippen LogP) is 4.26. The van der Waals surface area contributed by atoms with Gasteiger partial charge in [-0.05, 0) is 49.4 Å². The minimum atomic E-state index is -1.11. The molecule has 0 radical (unpaired) electrons. The predicted molar refractivity (Wildman–Crippen MR) is 154 cm³/mol. The van der Waals surface area contributed by atoms with Gasteiger partial charge in [-0.2, -0.15) is 0 Å². The molecule has 3 aromatic rings. The number of hydrogen-bond acceptors (Lipinski definition) is 5. The van der Waals surface area contributed by atoms with Gasteiger partial charge in [-0.1, -0.05) is 30.3 Å². The standard InChI is InChI=1S/C31H39F3N6O2/c1-20(14-35)37-31(41)40(18-23-15-36-16-27(23)34)29(22-9-11-42-12-10-22)30-38-28(25-13-24(32)7-8-26(25)33)19-39(30)17-21-5-3-2-4-6-21/h2-8,13,19-20,22-23,27,29,36H,9-12,14-18,35H2,1H3,(H,37,41). The van der Waals surface area contributed by atoms with Crippen LogP contribution in [0, 0.1) is 23.5 Å². The first-order valence-electron chi connectivity index (χ1n) is 14.6. The molecule has 1 aromatic heterocycles. The van der Waals surface area contributed by atoms with E-state index >= 15 is 0 Å². The number of rotatable bonds is 10. The van der Waals surface area contributed by atoms with Crippen LogP contribution < -0.4 is 16.4 Å². The Bertz CT molecular complexity index is 1330. The molecule has 0 bridgehead atoms. The molecule has 4 unspecified atom stereocenters. The minimum Gasteiger partial charge on any atom is -0.381 e. The zero-order chi connectivity index (χ0) is 29.6. The molecule has 2 aromatic carbocycles. The van der Waals surface area contributed by atoms with E-state index in [9.17, 15) is 18.0 Å². The lowest BCUT2D eigenvalue weighted by molar-refractivity contribution is 0.0256. The first-order valence-corrected chi connectivity index (χ1v) is 14.6. The van der Waals surface area contributed by atoms with Gasteiger partial charge in [-0.15, -0.1) is 0 Å². The Morgan fingerprint density at radius 2 is 1.95 bits per heavy atom. The molecule has 3 heterocycles. The van der Waals surface area contributed by atoms with Crippen LogP contribution in [0.1, 0.15) is 37.2 Å². The lowest BCUT2D eigenvalue weighted by Crippen LogP contribution is -2.52. The zero-order valence-electron chi connectivity index (χ0n) is 23.8. The van der Waals surface area contributed by atoms with Crippen LogP contribution in [0.5, 0.6) is 0 Å². The summed E-state index contributed by atoms with van der Waals surface area (Å²) in [4.78, 5) is 20.5. The van der Waals surface area contributed by atoms with Crippen LogP contribution in [0.25, 0.3) is 11.3 Å². The first kappa shape index (κ1) is 30.1. The van der Waals surface area contributed by atoms with Crippen LogP contribution in [-0.4, -0.2) is 72.1 Å². The van der Waals surface area contributed by atoms with Gasteiger partial charge >= 0.3 is 6.03 Å². The molecule has 226 valence electrons. The van der Waals surface area contributed by atoms with E-state index in [1.807, 2.05) is 41.8 Å². The summed E-state index contributed by atoms with van der Waals surface area (Å²) in [6.45, 7) is 4.30. The maximum absolute atomic E-state index is 15.0. The number of benzene rings is 2. The molecule has 4 N–H and O–H groups in total. The topological polar surface area (TPSA) is 97.4 Å². The van der Waals surface area contributed by atoms with E-state index in [1.165, 1.54) is 0 Å². The summed E-state index contributed by atoms with van der Waals surface area (Å²) < 4.78 is 51.8. The summed E-state index contributed by atoms with van der Waals surface area (Å²) in [6, 6.07) is 11.7. The average Bonchev–Trinajstić information content (AvgIpc) is 3.60. The number of carbonyl (C=O) groups is 1. The van der Waals surface area contributed by atoms with Crippen molar-refractivity contribution in [2.75, 3.05) is 39.4 Å². The number of nitrogens with zero attached hydrogens (tertiary/aromatic N) is 3. The summed E-state index contributed by atoms with van der Waals surface area (Å²) in [6.07, 6.45) is 1.92. The van der Waals surface area contributed by atoms with Crippen LogP contribution in [0.3, 0.4) is 0 Å². The summed E-state index contributed by atoms with van der Waals surface area (Å²) in [5, 5.41) is 6.06. The van der Waals surface area contributed by atoms with E-state index in [2.05, 4.69) is 10.6 Å². The molecule has 0 aliphatic carbocycles. The molecule has 8 nitrogen and oxygen atoms in total. The van der Waals surface area contributed by atoms with Crippen molar-refractivity contribution in [3.63, 3.8) is 0 Å². The van der Waals surface area contributed by atoms with E-state index in [0.29, 0.717) is 45.0 Å². The van der Waals surface area contributed by atoms with Gasteiger partial charge in [-0.3, -0.25) is 0 Å². The van der Waals surface area contributed by atoms with Gasteiger partial charge in [0.25, 0.3) is 0 Å². The molecule has 2 aliphatic rings.